The number of halogens is 1. The van der Waals surface area contributed by atoms with Crippen LogP contribution < -0.4 is 5.32 Å². The number of hydrogen-bond acceptors (Lipinski definition) is 2. The van der Waals surface area contributed by atoms with Gasteiger partial charge in [-0.25, -0.2) is 4.39 Å². The lowest BCUT2D eigenvalue weighted by molar-refractivity contribution is -0.111. The summed E-state index contributed by atoms with van der Waals surface area (Å²) in [6, 6.07) is 9.37. The van der Waals surface area contributed by atoms with Gasteiger partial charge < -0.3 is 5.32 Å². The van der Waals surface area contributed by atoms with Crippen LogP contribution in [-0.4, -0.2) is 10.9 Å². The Hall–Kier alpha value is -2.49. The van der Waals surface area contributed by atoms with E-state index in [0.29, 0.717) is 5.69 Å². The fourth-order valence-electron chi connectivity index (χ4n) is 1.37. The predicted octanol–water partition coefficient (Wildman–Crippen LogP) is 2.87. The average molecular weight is 242 g/mol. The summed E-state index contributed by atoms with van der Waals surface area (Å²) in [5.74, 6) is -0.556. The topological polar surface area (TPSA) is 42.0 Å². The monoisotopic (exact) mass is 242 g/mol. The molecule has 0 atom stereocenters. The molecule has 0 aliphatic heterocycles. The van der Waals surface area contributed by atoms with Gasteiger partial charge >= 0.3 is 0 Å². The summed E-state index contributed by atoms with van der Waals surface area (Å²) in [5, 5.41) is 2.66. The number of benzene rings is 1. The van der Waals surface area contributed by atoms with Crippen LogP contribution in [0.3, 0.4) is 0 Å². The van der Waals surface area contributed by atoms with E-state index in [0.717, 1.165) is 5.56 Å². The van der Waals surface area contributed by atoms with Gasteiger partial charge in [-0.3, -0.25) is 9.78 Å². The zero-order chi connectivity index (χ0) is 12.8. The van der Waals surface area contributed by atoms with Crippen molar-refractivity contribution in [3.05, 3.63) is 66.2 Å². The molecule has 0 spiro atoms. The first-order chi connectivity index (χ1) is 8.74. The summed E-state index contributed by atoms with van der Waals surface area (Å²) in [6.07, 6.45) is 6.19. The summed E-state index contributed by atoms with van der Waals surface area (Å²) < 4.78 is 12.7. The summed E-state index contributed by atoms with van der Waals surface area (Å²) in [5.41, 5.74) is 1.39. The van der Waals surface area contributed by atoms with Crippen LogP contribution in [0.15, 0.2) is 54.9 Å². The fourth-order valence-corrected chi connectivity index (χ4v) is 1.37. The SMILES string of the molecule is O=C(C=Cc1ccc(F)cc1)Nc1cccnc1. The third-order valence-corrected chi connectivity index (χ3v) is 2.23. The molecule has 0 saturated carbocycles. The number of amides is 1. The Balaban J connectivity index is 1.97. The van der Waals surface area contributed by atoms with Crippen molar-refractivity contribution in [2.75, 3.05) is 5.32 Å². The molecular formula is C14H11FN2O. The highest BCUT2D eigenvalue weighted by atomic mass is 19.1. The molecule has 0 aliphatic rings. The molecule has 1 aromatic carbocycles. The number of rotatable bonds is 3. The summed E-state index contributed by atoms with van der Waals surface area (Å²) in [6.45, 7) is 0. The van der Waals surface area contributed by atoms with Crippen LogP contribution in [0.25, 0.3) is 6.08 Å². The van der Waals surface area contributed by atoms with E-state index in [4.69, 9.17) is 0 Å². The Morgan fingerprint density at radius 2 is 2.00 bits per heavy atom. The van der Waals surface area contributed by atoms with Crippen LogP contribution in [0.1, 0.15) is 5.56 Å². The summed E-state index contributed by atoms with van der Waals surface area (Å²) >= 11 is 0. The van der Waals surface area contributed by atoms with Gasteiger partial charge in [0.25, 0.3) is 0 Å². The molecule has 3 nitrogen and oxygen atoms in total. The van der Waals surface area contributed by atoms with Gasteiger partial charge in [0.05, 0.1) is 11.9 Å². The van der Waals surface area contributed by atoms with Crippen molar-refractivity contribution in [3.8, 4) is 0 Å². The first kappa shape index (κ1) is 12.0. The molecule has 0 saturated heterocycles. The summed E-state index contributed by atoms with van der Waals surface area (Å²) in [4.78, 5) is 15.4. The Kier molecular flexibility index (Phi) is 3.81. The zero-order valence-electron chi connectivity index (χ0n) is 9.51. The van der Waals surface area contributed by atoms with Crippen LogP contribution in [0.4, 0.5) is 10.1 Å². The minimum absolute atomic E-state index is 0.257. The highest BCUT2D eigenvalue weighted by Gasteiger charge is 1.97. The molecule has 2 aromatic rings. The molecule has 18 heavy (non-hydrogen) atoms. The van der Waals surface area contributed by atoms with Crippen LogP contribution in [0.2, 0.25) is 0 Å². The van der Waals surface area contributed by atoms with E-state index in [1.54, 1.807) is 42.7 Å². The molecule has 0 fully saturated rings. The van der Waals surface area contributed by atoms with E-state index >= 15 is 0 Å². The molecule has 90 valence electrons. The lowest BCUT2D eigenvalue weighted by atomic mass is 10.2. The van der Waals surface area contributed by atoms with Crippen LogP contribution in [0.5, 0.6) is 0 Å². The van der Waals surface area contributed by atoms with Crippen molar-refractivity contribution >= 4 is 17.7 Å². The number of carbonyl (C=O) groups excluding carboxylic acids is 1. The predicted molar refractivity (Wildman–Crippen MR) is 68.3 cm³/mol. The van der Waals surface area contributed by atoms with Crippen LogP contribution in [0, 0.1) is 5.82 Å². The number of carbonyl (C=O) groups is 1. The number of pyridine rings is 1. The molecule has 0 aliphatic carbocycles. The highest BCUT2D eigenvalue weighted by Crippen LogP contribution is 2.06. The van der Waals surface area contributed by atoms with Crippen molar-refractivity contribution in [1.29, 1.82) is 0 Å². The molecule has 0 unspecified atom stereocenters. The summed E-state index contributed by atoms with van der Waals surface area (Å²) in [7, 11) is 0. The van der Waals surface area contributed by atoms with Gasteiger partial charge in [0.1, 0.15) is 5.82 Å². The second-order valence-corrected chi connectivity index (χ2v) is 3.62. The Morgan fingerprint density at radius 1 is 1.22 bits per heavy atom. The molecule has 1 amide bonds. The van der Waals surface area contributed by atoms with Gasteiger partial charge in [-0.1, -0.05) is 12.1 Å². The number of nitrogens with one attached hydrogen (secondary N) is 1. The molecule has 1 N–H and O–H groups in total. The maximum Gasteiger partial charge on any atom is 0.248 e. The Labute approximate surface area is 104 Å². The van der Waals surface area contributed by atoms with Gasteiger partial charge in [0.2, 0.25) is 5.91 Å². The molecule has 2 rings (SSSR count). The second kappa shape index (κ2) is 5.72. The average Bonchev–Trinajstić information content (AvgIpc) is 2.39. The Bertz CT molecular complexity index is 550. The molecule has 1 heterocycles. The third-order valence-electron chi connectivity index (χ3n) is 2.23. The van der Waals surface area contributed by atoms with E-state index in [9.17, 15) is 9.18 Å². The largest absolute Gasteiger partial charge is 0.321 e. The first-order valence-corrected chi connectivity index (χ1v) is 5.39. The fraction of sp³-hybridized carbons (Fsp3) is 0. The maximum atomic E-state index is 12.7. The number of hydrogen-bond donors (Lipinski definition) is 1. The van der Waals surface area contributed by atoms with E-state index in [1.807, 2.05) is 0 Å². The van der Waals surface area contributed by atoms with Gasteiger partial charge in [0, 0.05) is 12.3 Å². The maximum absolute atomic E-state index is 12.7. The molecule has 4 heteroatoms. The van der Waals surface area contributed by atoms with E-state index in [2.05, 4.69) is 10.3 Å². The smallest absolute Gasteiger partial charge is 0.248 e. The molecular weight excluding hydrogens is 231 g/mol. The van der Waals surface area contributed by atoms with Crippen molar-refractivity contribution in [2.24, 2.45) is 0 Å². The highest BCUT2D eigenvalue weighted by molar-refractivity contribution is 6.01. The lowest BCUT2D eigenvalue weighted by Crippen LogP contribution is -2.07. The van der Waals surface area contributed by atoms with Gasteiger partial charge in [-0.15, -0.1) is 0 Å². The number of aromatic nitrogens is 1. The van der Waals surface area contributed by atoms with Crippen molar-refractivity contribution in [2.45, 2.75) is 0 Å². The van der Waals surface area contributed by atoms with E-state index < -0.39 is 0 Å². The van der Waals surface area contributed by atoms with Crippen LogP contribution in [-0.2, 0) is 4.79 Å². The lowest BCUT2D eigenvalue weighted by Gasteiger charge is -1.99. The first-order valence-electron chi connectivity index (χ1n) is 5.39. The minimum atomic E-state index is -0.299. The third kappa shape index (κ3) is 3.52. The number of anilines is 1. The van der Waals surface area contributed by atoms with Crippen molar-refractivity contribution < 1.29 is 9.18 Å². The van der Waals surface area contributed by atoms with Crippen LogP contribution >= 0.6 is 0 Å². The molecule has 0 bridgehead atoms. The second-order valence-electron chi connectivity index (χ2n) is 3.62. The van der Waals surface area contributed by atoms with Gasteiger partial charge in [-0.2, -0.15) is 0 Å². The van der Waals surface area contributed by atoms with Crippen molar-refractivity contribution in [1.82, 2.24) is 4.98 Å². The Morgan fingerprint density at radius 3 is 2.67 bits per heavy atom. The van der Waals surface area contributed by atoms with Gasteiger partial charge in [-0.05, 0) is 35.9 Å². The standard InChI is InChI=1S/C14H11FN2O/c15-12-6-3-11(4-7-12)5-8-14(18)17-13-2-1-9-16-10-13/h1-10H,(H,17,18). The minimum Gasteiger partial charge on any atom is -0.321 e. The number of nitrogens with zero attached hydrogens (tertiary/aromatic N) is 1. The van der Waals surface area contributed by atoms with Gasteiger partial charge in [0.15, 0.2) is 0 Å². The van der Waals surface area contributed by atoms with Crippen molar-refractivity contribution in [3.63, 3.8) is 0 Å². The zero-order valence-corrected chi connectivity index (χ0v) is 9.51. The van der Waals surface area contributed by atoms with E-state index in [1.165, 1.54) is 18.2 Å². The quantitative estimate of drug-likeness (QED) is 0.841. The molecule has 0 radical (unpaired) electrons. The molecule has 1 aromatic heterocycles. The van der Waals surface area contributed by atoms with E-state index in [-0.39, 0.29) is 11.7 Å². The normalized spacial score (nSPS) is 10.5.